The van der Waals surface area contributed by atoms with E-state index in [2.05, 4.69) is 5.32 Å². The minimum absolute atomic E-state index is 0.0297. The lowest BCUT2D eigenvalue weighted by Gasteiger charge is -2.34. The van der Waals surface area contributed by atoms with E-state index in [1.807, 2.05) is 58.8 Å². The van der Waals surface area contributed by atoms with Crippen molar-refractivity contribution in [3.05, 3.63) is 88.1 Å². The van der Waals surface area contributed by atoms with E-state index in [0.717, 1.165) is 18.4 Å². The number of rotatable bonds is 6. The van der Waals surface area contributed by atoms with Crippen LogP contribution in [-0.2, 0) is 11.2 Å². The van der Waals surface area contributed by atoms with E-state index < -0.39 is 6.04 Å². The van der Waals surface area contributed by atoms with Crippen LogP contribution in [-0.4, -0.2) is 41.0 Å². The van der Waals surface area contributed by atoms with Gasteiger partial charge in [-0.1, -0.05) is 48.5 Å². The third-order valence-electron chi connectivity index (χ3n) is 5.80. The monoisotopic (exact) mass is 434 g/mol. The summed E-state index contributed by atoms with van der Waals surface area (Å²) in [5, 5.41) is 14.3. The van der Waals surface area contributed by atoms with Crippen molar-refractivity contribution in [1.29, 1.82) is 0 Å². The van der Waals surface area contributed by atoms with E-state index in [9.17, 15) is 14.7 Å². The van der Waals surface area contributed by atoms with Crippen molar-refractivity contribution in [2.24, 2.45) is 0 Å². The number of carbonyl (C=O) groups excluding carboxylic acids is 2. The molecule has 6 heteroatoms. The van der Waals surface area contributed by atoms with Gasteiger partial charge in [-0.2, -0.15) is 0 Å². The van der Waals surface area contributed by atoms with Gasteiger partial charge in [0.05, 0.1) is 4.88 Å². The highest BCUT2D eigenvalue weighted by Crippen LogP contribution is 2.29. The van der Waals surface area contributed by atoms with Gasteiger partial charge in [0.25, 0.3) is 5.91 Å². The maximum atomic E-state index is 13.4. The lowest BCUT2D eigenvalue weighted by Crippen LogP contribution is -2.51. The van der Waals surface area contributed by atoms with Gasteiger partial charge in [-0.15, -0.1) is 11.3 Å². The molecule has 1 fully saturated rings. The van der Waals surface area contributed by atoms with E-state index in [0.29, 0.717) is 30.3 Å². The highest BCUT2D eigenvalue weighted by atomic mass is 32.1. The lowest BCUT2D eigenvalue weighted by molar-refractivity contribution is -0.134. The normalized spacial score (nSPS) is 15.4. The Hall–Kier alpha value is -3.12. The van der Waals surface area contributed by atoms with Gasteiger partial charge in [-0.05, 0) is 53.5 Å². The number of nitrogens with one attached hydrogen (secondary N) is 1. The Kier molecular flexibility index (Phi) is 6.67. The molecule has 1 aliphatic rings. The number of phenols is 1. The van der Waals surface area contributed by atoms with Gasteiger partial charge < -0.3 is 15.3 Å². The first-order valence-electron chi connectivity index (χ1n) is 10.6. The smallest absolute Gasteiger partial charge is 0.262 e. The van der Waals surface area contributed by atoms with Gasteiger partial charge in [0.1, 0.15) is 11.8 Å². The van der Waals surface area contributed by atoms with Crippen LogP contribution in [0.2, 0.25) is 0 Å². The summed E-state index contributed by atoms with van der Waals surface area (Å²) in [4.78, 5) is 28.5. The molecule has 0 radical (unpaired) electrons. The first-order valence-corrected chi connectivity index (χ1v) is 11.4. The van der Waals surface area contributed by atoms with Gasteiger partial charge in [0, 0.05) is 19.5 Å². The molecule has 2 N–H and O–H groups in total. The highest BCUT2D eigenvalue weighted by molar-refractivity contribution is 7.12. The van der Waals surface area contributed by atoms with E-state index in [-0.39, 0.29) is 17.6 Å². The Morgan fingerprint density at radius 2 is 1.71 bits per heavy atom. The maximum absolute atomic E-state index is 13.4. The molecule has 1 saturated heterocycles. The molecule has 3 aromatic rings. The molecule has 1 atom stereocenters. The minimum Gasteiger partial charge on any atom is -0.508 e. The molecule has 0 spiro atoms. The van der Waals surface area contributed by atoms with Crippen LogP contribution >= 0.6 is 11.3 Å². The second kappa shape index (κ2) is 9.79. The number of amides is 2. The van der Waals surface area contributed by atoms with Crippen LogP contribution in [0.25, 0.3) is 0 Å². The quantitative estimate of drug-likeness (QED) is 0.611. The van der Waals surface area contributed by atoms with Crippen LogP contribution in [0.3, 0.4) is 0 Å². The van der Waals surface area contributed by atoms with Crippen molar-refractivity contribution in [1.82, 2.24) is 10.2 Å². The van der Waals surface area contributed by atoms with Crippen molar-refractivity contribution in [2.45, 2.75) is 31.2 Å². The molecule has 31 heavy (non-hydrogen) atoms. The number of hydrogen-bond acceptors (Lipinski definition) is 4. The van der Waals surface area contributed by atoms with Gasteiger partial charge >= 0.3 is 0 Å². The Balaban J connectivity index is 1.43. The zero-order valence-corrected chi connectivity index (χ0v) is 18.1. The number of aromatic hydroxyl groups is 1. The molecule has 0 saturated carbocycles. The molecular formula is C25H26N2O3S. The SMILES string of the molecule is O=C(NC(Cc1ccccc1)C(=O)N1CCC(c2ccc(O)cc2)CC1)c1cccs1. The standard InChI is InChI=1S/C25H26N2O3S/c28-21-10-8-19(9-11-21)20-12-14-27(15-13-20)25(30)22(17-18-5-2-1-3-6-18)26-24(29)23-7-4-16-31-23/h1-11,16,20,22,28H,12-15,17H2,(H,26,29). The molecule has 0 aliphatic carbocycles. The lowest BCUT2D eigenvalue weighted by atomic mass is 9.89. The number of likely N-dealkylation sites (tertiary alicyclic amines) is 1. The third-order valence-corrected chi connectivity index (χ3v) is 6.67. The fourth-order valence-electron chi connectivity index (χ4n) is 4.09. The summed E-state index contributed by atoms with van der Waals surface area (Å²) in [7, 11) is 0. The fourth-order valence-corrected chi connectivity index (χ4v) is 4.71. The zero-order valence-electron chi connectivity index (χ0n) is 17.2. The summed E-state index contributed by atoms with van der Waals surface area (Å²) in [6.45, 7) is 1.31. The number of hydrogen-bond donors (Lipinski definition) is 2. The molecular weight excluding hydrogens is 408 g/mol. The summed E-state index contributed by atoms with van der Waals surface area (Å²) < 4.78 is 0. The molecule has 1 aliphatic heterocycles. The van der Waals surface area contributed by atoms with Crippen molar-refractivity contribution in [3.63, 3.8) is 0 Å². The average molecular weight is 435 g/mol. The average Bonchev–Trinajstić information content (AvgIpc) is 3.35. The van der Waals surface area contributed by atoms with Crippen LogP contribution in [0, 0.1) is 0 Å². The van der Waals surface area contributed by atoms with Crippen molar-refractivity contribution < 1.29 is 14.7 Å². The Labute approximate surface area is 186 Å². The Bertz CT molecular complexity index is 995. The number of benzene rings is 2. The van der Waals surface area contributed by atoms with Crippen LogP contribution in [0.5, 0.6) is 5.75 Å². The first-order chi connectivity index (χ1) is 15.1. The Morgan fingerprint density at radius 3 is 2.35 bits per heavy atom. The minimum atomic E-state index is -0.595. The predicted molar refractivity (Wildman–Crippen MR) is 122 cm³/mol. The summed E-state index contributed by atoms with van der Waals surface area (Å²) in [6.07, 6.45) is 2.20. The third kappa shape index (κ3) is 5.33. The zero-order chi connectivity index (χ0) is 21.6. The van der Waals surface area contributed by atoms with E-state index in [1.165, 1.54) is 16.9 Å². The van der Waals surface area contributed by atoms with Crippen LogP contribution in [0.1, 0.15) is 39.6 Å². The summed E-state index contributed by atoms with van der Waals surface area (Å²) >= 11 is 1.37. The van der Waals surface area contributed by atoms with E-state index in [4.69, 9.17) is 0 Å². The van der Waals surface area contributed by atoms with Crippen LogP contribution in [0.4, 0.5) is 0 Å². The van der Waals surface area contributed by atoms with E-state index >= 15 is 0 Å². The highest BCUT2D eigenvalue weighted by Gasteiger charge is 2.30. The maximum Gasteiger partial charge on any atom is 0.262 e. The Morgan fingerprint density at radius 1 is 1.00 bits per heavy atom. The molecule has 0 bridgehead atoms. The molecule has 2 aromatic carbocycles. The molecule has 5 nitrogen and oxygen atoms in total. The molecule has 1 unspecified atom stereocenters. The number of phenolic OH excluding ortho intramolecular Hbond substituents is 1. The molecule has 160 valence electrons. The predicted octanol–water partition coefficient (Wildman–Crippen LogP) is 4.20. The number of thiophene rings is 1. The van der Waals surface area contributed by atoms with Crippen molar-refractivity contribution in [2.75, 3.05) is 13.1 Å². The topological polar surface area (TPSA) is 69.6 Å². The number of piperidine rings is 1. The fraction of sp³-hybridized carbons (Fsp3) is 0.280. The largest absolute Gasteiger partial charge is 0.508 e. The van der Waals surface area contributed by atoms with Crippen molar-refractivity contribution in [3.8, 4) is 5.75 Å². The number of nitrogens with zero attached hydrogens (tertiary/aromatic N) is 1. The molecule has 2 heterocycles. The van der Waals surface area contributed by atoms with Crippen molar-refractivity contribution >= 4 is 23.2 Å². The van der Waals surface area contributed by atoms with Gasteiger partial charge in [-0.3, -0.25) is 9.59 Å². The van der Waals surface area contributed by atoms with Crippen LogP contribution < -0.4 is 5.32 Å². The van der Waals surface area contributed by atoms with Crippen LogP contribution in [0.15, 0.2) is 72.1 Å². The second-order valence-electron chi connectivity index (χ2n) is 7.88. The van der Waals surface area contributed by atoms with Gasteiger partial charge in [0.15, 0.2) is 0 Å². The van der Waals surface area contributed by atoms with Gasteiger partial charge in [0.2, 0.25) is 5.91 Å². The molecule has 2 amide bonds. The van der Waals surface area contributed by atoms with Gasteiger partial charge in [-0.25, -0.2) is 0 Å². The second-order valence-corrected chi connectivity index (χ2v) is 8.83. The van der Waals surface area contributed by atoms with E-state index in [1.54, 1.807) is 18.2 Å². The first kappa shape index (κ1) is 21.1. The summed E-state index contributed by atoms with van der Waals surface area (Å²) in [5.74, 6) is 0.403. The number of carbonyl (C=O) groups is 2. The molecule has 1 aromatic heterocycles. The molecule has 4 rings (SSSR count). The summed E-state index contributed by atoms with van der Waals surface area (Å²) in [5.41, 5.74) is 2.21. The summed E-state index contributed by atoms with van der Waals surface area (Å²) in [6, 6.07) is 20.1.